The standard InChI is InChI=1S/C13H15N3O/c1-2-12-14-6-7-16(12)13(3-1)15-10-8-9-4-5-11(10)17-9/h1-3,6-7,9-11,15H,4-5,8H2. The van der Waals surface area contributed by atoms with E-state index in [4.69, 9.17) is 4.74 Å². The van der Waals surface area contributed by atoms with Crippen LogP contribution >= 0.6 is 0 Å². The summed E-state index contributed by atoms with van der Waals surface area (Å²) in [4.78, 5) is 4.29. The molecule has 88 valence electrons. The maximum Gasteiger partial charge on any atom is 0.138 e. The van der Waals surface area contributed by atoms with Crippen LogP contribution in [0.25, 0.3) is 5.65 Å². The van der Waals surface area contributed by atoms with Gasteiger partial charge in [-0.25, -0.2) is 4.98 Å². The van der Waals surface area contributed by atoms with Crippen molar-refractivity contribution in [3.8, 4) is 0 Å². The number of pyridine rings is 1. The first kappa shape index (κ1) is 9.48. The Morgan fingerprint density at radius 3 is 3.18 bits per heavy atom. The van der Waals surface area contributed by atoms with Crippen LogP contribution in [0.1, 0.15) is 19.3 Å². The van der Waals surface area contributed by atoms with Crippen LogP contribution in [0.4, 0.5) is 5.82 Å². The van der Waals surface area contributed by atoms with Crippen molar-refractivity contribution in [2.24, 2.45) is 0 Å². The van der Waals surface area contributed by atoms with Gasteiger partial charge >= 0.3 is 0 Å². The van der Waals surface area contributed by atoms with Gasteiger partial charge in [0.15, 0.2) is 0 Å². The Labute approximate surface area is 99.6 Å². The summed E-state index contributed by atoms with van der Waals surface area (Å²) in [6.07, 6.45) is 8.28. The van der Waals surface area contributed by atoms with Gasteiger partial charge in [-0.3, -0.25) is 4.40 Å². The van der Waals surface area contributed by atoms with E-state index in [9.17, 15) is 0 Å². The molecule has 3 atom stereocenters. The number of hydrogen-bond donors (Lipinski definition) is 1. The Morgan fingerprint density at radius 1 is 1.35 bits per heavy atom. The molecule has 2 aromatic heterocycles. The zero-order valence-electron chi connectivity index (χ0n) is 9.54. The Kier molecular flexibility index (Phi) is 1.93. The molecule has 2 aliphatic rings. The van der Waals surface area contributed by atoms with E-state index in [0.717, 1.165) is 17.9 Å². The van der Waals surface area contributed by atoms with Crippen LogP contribution in [-0.2, 0) is 4.74 Å². The van der Waals surface area contributed by atoms with Crippen LogP contribution in [-0.4, -0.2) is 27.6 Å². The highest BCUT2D eigenvalue weighted by Crippen LogP contribution is 2.35. The van der Waals surface area contributed by atoms with Crippen molar-refractivity contribution in [2.45, 2.75) is 37.5 Å². The zero-order valence-corrected chi connectivity index (χ0v) is 9.54. The van der Waals surface area contributed by atoms with E-state index in [2.05, 4.69) is 20.8 Å². The fraction of sp³-hybridized carbons (Fsp3) is 0.462. The smallest absolute Gasteiger partial charge is 0.138 e. The Balaban J connectivity index is 1.65. The van der Waals surface area contributed by atoms with Crippen LogP contribution in [0.2, 0.25) is 0 Å². The van der Waals surface area contributed by atoms with E-state index in [-0.39, 0.29) is 0 Å². The average Bonchev–Trinajstić information content (AvgIpc) is 3.04. The number of rotatable bonds is 2. The molecule has 0 spiro atoms. The largest absolute Gasteiger partial charge is 0.373 e. The fourth-order valence-electron chi connectivity index (χ4n) is 3.04. The van der Waals surface area contributed by atoms with Crippen molar-refractivity contribution in [3.05, 3.63) is 30.6 Å². The highest BCUT2D eigenvalue weighted by Gasteiger charge is 2.40. The number of hydrogen-bond acceptors (Lipinski definition) is 3. The zero-order chi connectivity index (χ0) is 11.2. The quantitative estimate of drug-likeness (QED) is 0.856. The van der Waals surface area contributed by atoms with E-state index in [1.807, 2.05) is 24.5 Å². The van der Waals surface area contributed by atoms with Crippen molar-refractivity contribution in [2.75, 3.05) is 5.32 Å². The predicted molar refractivity (Wildman–Crippen MR) is 65.1 cm³/mol. The van der Waals surface area contributed by atoms with E-state index in [1.165, 1.54) is 12.8 Å². The summed E-state index contributed by atoms with van der Waals surface area (Å²) in [5, 5.41) is 3.60. The first-order valence-corrected chi connectivity index (χ1v) is 6.24. The number of fused-ring (bicyclic) bond motifs is 3. The first-order chi connectivity index (χ1) is 8.40. The van der Waals surface area contributed by atoms with Gasteiger partial charge in [0.25, 0.3) is 0 Å². The first-order valence-electron chi connectivity index (χ1n) is 6.24. The maximum atomic E-state index is 5.86. The lowest BCUT2D eigenvalue weighted by molar-refractivity contribution is 0.102. The Hall–Kier alpha value is -1.55. The molecule has 2 bridgehead atoms. The molecule has 3 unspecified atom stereocenters. The predicted octanol–water partition coefficient (Wildman–Crippen LogP) is 2.07. The second kappa shape index (κ2) is 3.47. The number of anilines is 1. The normalized spacial score (nSPS) is 31.2. The number of aromatic nitrogens is 2. The lowest BCUT2D eigenvalue weighted by Crippen LogP contribution is -2.31. The fourth-order valence-corrected chi connectivity index (χ4v) is 3.04. The minimum Gasteiger partial charge on any atom is -0.373 e. The summed E-state index contributed by atoms with van der Waals surface area (Å²) in [6, 6.07) is 6.61. The molecule has 2 aliphatic heterocycles. The molecular weight excluding hydrogens is 214 g/mol. The van der Waals surface area contributed by atoms with Crippen LogP contribution in [0.3, 0.4) is 0 Å². The lowest BCUT2D eigenvalue weighted by Gasteiger charge is -2.21. The van der Waals surface area contributed by atoms with Gasteiger partial charge in [0.1, 0.15) is 11.5 Å². The third-order valence-corrected chi connectivity index (χ3v) is 3.87. The Morgan fingerprint density at radius 2 is 2.35 bits per heavy atom. The van der Waals surface area contributed by atoms with Gasteiger partial charge in [-0.1, -0.05) is 6.07 Å². The highest BCUT2D eigenvalue weighted by atomic mass is 16.5. The molecule has 4 rings (SSSR count). The number of imidazole rings is 1. The lowest BCUT2D eigenvalue weighted by atomic mass is 9.95. The Bertz CT molecular complexity index is 550. The number of ether oxygens (including phenoxy) is 1. The van der Waals surface area contributed by atoms with Crippen LogP contribution in [0.15, 0.2) is 30.6 Å². The van der Waals surface area contributed by atoms with E-state index < -0.39 is 0 Å². The van der Waals surface area contributed by atoms with Crippen molar-refractivity contribution in [1.82, 2.24) is 9.38 Å². The molecule has 0 saturated carbocycles. The number of nitrogens with one attached hydrogen (secondary N) is 1. The van der Waals surface area contributed by atoms with Gasteiger partial charge in [-0.15, -0.1) is 0 Å². The van der Waals surface area contributed by atoms with Gasteiger partial charge in [-0.05, 0) is 31.4 Å². The summed E-state index contributed by atoms with van der Waals surface area (Å²) < 4.78 is 7.95. The minimum absolute atomic E-state index is 0.402. The monoisotopic (exact) mass is 229 g/mol. The van der Waals surface area contributed by atoms with Crippen LogP contribution in [0, 0.1) is 0 Å². The molecule has 0 aromatic carbocycles. The van der Waals surface area contributed by atoms with E-state index >= 15 is 0 Å². The van der Waals surface area contributed by atoms with Gasteiger partial charge in [0.2, 0.25) is 0 Å². The third-order valence-electron chi connectivity index (χ3n) is 3.87. The van der Waals surface area contributed by atoms with Crippen molar-refractivity contribution < 1.29 is 4.74 Å². The van der Waals surface area contributed by atoms with Gasteiger partial charge in [-0.2, -0.15) is 0 Å². The molecule has 4 nitrogen and oxygen atoms in total. The second-order valence-electron chi connectivity index (χ2n) is 4.93. The molecule has 4 heteroatoms. The van der Waals surface area contributed by atoms with Gasteiger partial charge in [0, 0.05) is 12.4 Å². The highest BCUT2D eigenvalue weighted by molar-refractivity contribution is 5.50. The SMILES string of the molecule is c1cc(NC2CC3CCC2O3)n2ccnc2c1. The number of nitrogens with zero attached hydrogens (tertiary/aromatic N) is 2. The molecular formula is C13H15N3O. The van der Waals surface area contributed by atoms with Crippen molar-refractivity contribution in [1.29, 1.82) is 0 Å². The molecule has 2 fully saturated rings. The van der Waals surface area contributed by atoms with E-state index in [1.54, 1.807) is 0 Å². The third kappa shape index (κ3) is 1.44. The summed E-state index contributed by atoms with van der Waals surface area (Å²) in [5.41, 5.74) is 0.985. The van der Waals surface area contributed by atoms with Gasteiger partial charge in [0.05, 0.1) is 18.2 Å². The minimum atomic E-state index is 0.402. The molecule has 0 amide bonds. The molecule has 17 heavy (non-hydrogen) atoms. The summed E-state index contributed by atoms with van der Waals surface area (Å²) >= 11 is 0. The topological polar surface area (TPSA) is 38.6 Å². The molecule has 2 aromatic rings. The molecule has 4 heterocycles. The van der Waals surface area contributed by atoms with Crippen LogP contribution in [0.5, 0.6) is 0 Å². The van der Waals surface area contributed by atoms with Crippen molar-refractivity contribution in [3.63, 3.8) is 0 Å². The van der Waals surface area contributed by atoms with Crippen molar-refractivity contribution >= 4 is 11.5 Å². The summed E-state index contributed by atoms with van der Waals surface area (Å²) in [5.74, 6) is 1.11. The average molecular weight is 229 g/mol. The molecule has 0 radical (unpaired) electrons. The maximum absolute atomic E-state index is 5.86. The van der Waals surface area contributed by atoms with E-state index in [0.29, 0.717) is 18.2 Å². The second-order valence-corrected chi connectivity index (χ2v) is 4.93. The summed E-state index contributed by atoms with van der Waals surface area (Å²) in [6.45, 7) is 0. The van der Waals surface area contributed by atoms with Crippen LogP contribution < -0.4 is 5.32 Å². The molecule has 2 saturated heterocycles. The van der Waals surface area contributed by atoms with Gasteiger partial charge < -0.3 is 10.1 Å². The molecule has 0 aliphatic carbocycles. The molecule has 1 N–H and O–H groups in total. The summed E-state index contributed by atoms with van der Waals surface area (Å²) in [7, 11) is 0.